The topological polar surface area (TPSA) is 87.7 Å². The molecule has 2 fully saturated rings. The maximum Gasteiger partial charge on any atom is 0.251 e. The van der Waals surface area contributed by atoms with E-state index in [2.05, 4.69) is 10.6 Å². The smallest absolute Gasteiger partial charge is 0.251 e. The maximum atomic E-state index is 12.7. The van der Waals surface area contributed by atoms with Crippen LogP contribution in [0.15, 0.2) is 48.5 Å². The standard InChI is InChI=1S/C24H27N3O4/c1-31-21-9-5-4-8-20(21)27-15-17(14-22(27)28)24(30)26-19-12-10-16(11-13-19)23(29)25-18-6-2-3-7-18/h4-5,8-13,17-18H,2-3,6-7,14-15H2,1H3,(H,25,29)(H,26,30). The third-order valence-corrected chi connectivity index (χ3v) is 5.98. The maximum absolute atomic E-state index is 12.7. The zero-order valence-electron chi connectivity index (χ0n) is 17.6. The molecule has 2 aromatic carbocycles. The number of amides is 3. The van der Waals surface area contributed by atoms with E-state index in [1.165, 1.54) is 0 Å². The third kappa shape index (κ3) is 4.71. The van der Waals surface area contributed by atoms with Gasteiger partial charge in [-0.05, 0) is 49.2 Å². The molecule has 1 aliphatic heterocycles. The molecule has 4 rings (SSSR count). The van der Waals surface area contributed by atoms with E-state index in [1.54, 1.807) is 42.3 Å². The Morgan fingerprint density at radius 3 is 2.45 bits per heavy atom. The Bertz CT molecular complexity index is 967. The number of nitrogens with one attached hydrogen (secondary N) is 2. The first-order chi connectivity index (χ1) is 15.0. The molecule has 7 heteroatoms. The normalized spacial score (nSPS) is 18.8. The Morgan fingerprint density at radius 2 is 1.74 bits per heavy atom. The van der Waals surface area contributed by atoms with Gasteiger partial charge in [-0.25, -0.2) is 0 Å². The van der Waals surface area contributed by atoms with Gasteiger partial charge in [-0.2, -0.15) is 0 Å². The van der Waals surface area contributed by atoms with Gasteiger partial charge in [0.1, 0.15) is 5.75 Å². The summed E-state index contributed by atoms with van der Waals surface area (Å²) in [6.45, 7) is 0.299. The van der Waals surface area contributed by atoms with Crippen LogP contribution in [-0.2, 0) is 9.59 Å². The van der Waals surface area contributed by atoms with Gasteiger partial charge in [-0.1, -0.05) is 25.0 Å². The molecule has 1 aliphatic carbocycles. The second-order valence-electron chi connectivity index (χ2n) is 8.10. The Balaban J connectivity index is 1.36. The van der Waals surface area contributed by atoms with Gasteiger partial charge in [0.05, 0.1) is 18.7 Å². The molecule has 31 heavy (non-hydrogen) atoms. The predicted molar refractivity (Wildman–Crippen MR) is 118 cm³/mol. The summed E-state index contributed by atoms with van der Waals surface area (Å²) in [7, 11) is 1.56. The average molecular weight is 421 g/mol. The van der Waals surface area contributed by atoms with E-state index >= 15 is 0 Å². The lowest BCUT2D eigenvalue weighted by atomic mass is 10.1. The summed E-state index contributed by atoms with van der Waals surface area (Å²) < 4.78 is 5.34. The van der Waals surface area contributed by atoms with Gasteiger partial charge in [-0.15, -0.1) is 0 Å². The number of anilines is 2. The molecule has 0 aromatic heterocycles. The van der Waals surface area contributed by atoms with Crippen LogP contribution in [0.1, 0.15) is 42.5 Å². The molecule has 0 bridgehead atoms. The summed E-state index contributed by atoms with van der Waals surface area (Å²) >= 11 is 0. The first kappa shape index (κ1) is 20.9. The Hall–Kier alpha value is -3.35. The van der Waals surface area contributed by atoms with Gasteiger partial charge in [0.15, 0.2) is 0 Å². The molecule has 2 N–H and O–H groups in total. The van der Waals surface area contributed by atoms with E-state index in [4.69, 9.17) is 4.74 Å². The lowest BCUT2D eigenvalue weighted by Gasteiger charge is -2.19. The van der Waals surface area contributed by atoms with Crippen molar-refractivity contribution in [3.63, 3.8) is 0 Å². The van der Waals surface area contributed by atoms with Crippen molar-refractivity contribution in [3.8, 4) is 5.75 Å². The highest BCUT2D eigenvalue weighted by Gasteiger charge is 2.36. The summed E-state index contributed by atoms with van der Waals surface area (Å²) in [5, 5.41) is 5.92. The summed E-state index contributed by atoms with van der Waals surface area (Å²) in [6, 6.07) is 14.4. The predicted octanol–water partition coefficient (Wildman–Crippen LogP) is 3.36. The van der Waals surface area contributed by atoms with Gasteiger partial charge in [0, 0.05) is 30.3 Å². The molecule has 1 atom stereocenters. The molecule has 7 nitrogen and oxygen atoms in total. The van der Waals surface area contributed by atoms with E-state index < -0.39 is 5.92 Å². The third-order valence-electron chi connectivity index (χ3n) is 5.98. The second-order valence-corrected chi connectivity index (χ2v) is 8.10. The fourth-order valence-corrected chi connectivity index (χ4v) is 4.26. The van der Waals surface area contributed by atoms with E-state index in [9.17, 15) is 14.4 Å². The van der Waals surface area contributed by atoms with Crippen LogP contribution >= 0.6 is 0 Å². The monoisotopic (exact) mass is 421 g/mol. The Labute approximate surface area is 181 Å². The first-order valence-corrected chi connectivity index (χ1v) is 10.7. The van der Waals surface area contributed by atoms with E-state index in [-0.39, 0.29) is 30.2 Å². The summed E-state index contributed by atoms with van der Waals surface area (Å²) in [5.74, 6) is -0.262. The number of carbonyl (C=O) groups is 3. The van der Waals surface area contributed by atoms with Crippen molar-refractivity contribution < 1.29 is 19.1 Å². The number of ether oxygens (including phenoxy) is 1. The molecule has 3 amide bonds. The molecule has 0 spiro atoms. The van der Waals surface area contributed by atoms with Gasteiger partial charge in [-0.3, -0.25) is 14.4 Å². The van der Waals surface area contributed by atoms with Crippen LogP contribution in [-0.4, -0.2) is 37.4 Å². The van der Waals surface area contributed by atoms with Crippen LogP contribution in [0.2, 0.25) is 0 Å². The molecule has 1 saturated carbocycles. The van der Waals surface area contributed by atoms with Crippen LogP contribution in [0.25, 0.3) is 0 Å². The Kier molecular flexibility index (Phi) is 6.21. The number of rotatable bonds is 6. The number of benzene rings is 2. The Morgan fingerprint density at radius 1 is 1.03 bits per heavy atom. The van der Waals surface area contributed by atoms with Gasteiger partial charge in [0.2, 0.25) is 11.8 Å². The molecule has 162 valence electrons. The van der Waals surface area contributed by atoms with Gasteiger partial charge < -0.3 is 20.3 Å². The highest BCUT2D eigenvalue weighted by molar-refractivity contribution is 6.04. The summed E-state index contributed by atoms with van der Waals surface area (Å²) in [4.78, 5) is 39.2. The molecule has 1 unspecified atom stereocenters. The largest absolute Gasteiger partial charge is 0.495 e. The van der Waals surface area contributed by atoms with Gasteiger partial charge in [0.25, 0.3) is 5.91 Å². The molecular formula is C24H27N3O4. The fourth-order valence-electron chi connectivity index (χ4n) is 4.26. The van der Waals surface area contributed by atoms with E-state index in [0.717, 1.165) is 25.7 Å². The van der Waals surface area contributed by atoms with Crippen molar-refractivity contribution in [1.29, 1.82) is 0 Å². The highest BCUT2D eigenvalue weighted by atomic mass is 16.5. The van der Waals surface area contributed by atoms with Crippen LogP contribution < -0.4 is 20.3 Å². The molecule has 1 saturated heterocycles. The number of methoxy groups -OCH3 is 1. The molecule has 2 aromatic rings. The number of carbonyl (C=O) groups excluding carboxylic acids is 3. The minimum atomic E-state index is -0.456. The molecule has 0 radical (unpaired) electrons. The van der Waals surface area contributed by atoms with Crippen LogP contribution in [0.3, 0.4) is 0 Å². The molecule has 2 aliphatic rings. The second kappa shape index (κ2) is 9.20. The van der Waals surface area contributed by atoms with Crippen molar-refractivity contribution in [2.45, 2.75) is 38.1 Å². The number of hydrogen-bond donors (Lipinski definition) is 2. The van der Waals surface area contributed by atoms with Crippen molar-refractivity contribution in [1.82, 2.24) is 5.32 Å². The van der Waals surface area contributed by atoms with Crippen LogP contribution in [0.4, 0.5) is 11.4 Å². The van der Waals surface area contributed by atoms with Crippen molar-refractivity contribution in [3.05, 3.63) is 54.1 Å². The summed E-state index contributed by atoms with van der Waals surface area (Å²) in [5.41, 5.74) is 1.84. The van der Waals surface area contributed by atoms with Crippen molar-refractivity contribution in [2.24, 2.45) is 5.92 Å². The van der Waals surface area contributed by atoms with Crippen LogP contribution in [0.5, 0.6) is 5.75 Å². The zero-order valence-corrected chi connectivity index (χ0v) is 17.6. The lowest BCUT2D eigenvalue weighted by Crippen LogP contribution is -2.32. The lowest BCUT2D eigenvalue weighted by molar-refractivity contribution is -0.122. The fraction of sp³-hybridized carbons (Fsp3) is 0.375. The number of nitrogens with zero attached hydrogens (tertiary/aromatic N) is 1. The van der Waals surface area contributed by atoms with Crippen molar-refractivity contribution in [2.75, 3.05) is 23.9 Å². The zero-order chi connectivity index (χ0) is 21.8. The number of hydrogen-bond acceptors (Lipinski definition) is 4. The highest BCUT2D eigenvalue weighted by Crippen LogP contribution is 2.33. The quantitative estimate of drug-likeness (QED) is 0.749. The van der Waals surface area contributed by atoms with E-state index in [0.29, 0.717) is 29.2 Å². The van der Waals surface area contributed by atoms with Crippen LogP contribution in [0, 0.1) is 5.92 Å². The van der Waals surface area contributed by atoms with Crippen molar-refractivity contribution >= 4 is 29.1 Å². The molecule has 1 heterocycles. The average Bonchev–Trinajstić information content (AvgIpc) is 3.43. The van der Waals surface area contributed by atoms with Gasteiger partial charge >= 0.3 is 0 Å². The molecular weight excluding hydrogens is 394 g/mol. The van der Waals surface area contributed by atoms with E-state index in [1.807, 2.05) is 18.2 Å². The first-order valence-electron chi connectivity index (χ1n) is 10.7. The summed E-state index contributed by atoms with van der Waals surface area (Å²) in [6.07, 6.45) is 4.53. The SMILES string of the molecule is COc1ccccc1N1CC(C(=O)Nc2ccc(C(=O)NC3CCCC3)cc2)CC1=O. The number of para-hydroxylation sites is 2. The minimum absolute atomic E-state index is 0.0846. The minimum Gasteiger partial charge on any atom is -0.495 e.